The van der Waals surface area contributed by atoms with E-state index in [9.17, 15) is 13.2 Å². The molecule has 1 aromatic carbocycles. The molecule has 2 saturated heterocycles. The highest BCUT2D eigenvalue weighted by atomic mass is 32.2. The number of hydrogen-bond donors (Lipinski definition) is 0. The molecular weight excluding hydrogens is 368 g/mol. The van der Waals surface area contributed by atoms with Crippen LogP contribution in [0, 0.1) is 5.92 Å². The number of carbonyl (C=O) groups excluding carboxylic acids is 1. The van der Waals surface area contributed by atoms with Crippen molar-refractivity contribution in [2.45, 2.75) is 31.1 Å². The highest BCUT2D eigenvalue weighted by Crippen LogP contribution is 2.29. The van der Waals surface area contributed by atoms with Gasteiger partial charge in [0.2, 0.25) is 15.9 Å². The van der Waals surface area contributed by atoms with Crippen LogP contribution >= 0.6 is 0 Å². The van der Waals surface area contributed by atoms with Crippen LogP contribution in [0.5, 0.6) is 5.75 Å². The van der Waals surface area contributed by atoms with E-state index in [0.717, 1.165) is 25.9 Å². The minimum Gasteiger partial charge on any atom is -0.495 e. The molecule has 0 aromatic heterocycles. The van der Waals surface area contributed by atoms with Gasteiger partial charge in [-0.2, -0.15) is 4.31 Å². The Morgan fingerprint density at radius 2 is 2.00 bits per heavy atom. The van der Waals surface area contributed by atoms with Crippen LogP contribution in [0.15, 0.2) is 23.1 Å². The number of methoxy groups -OCH3 is 1. The fourth-order valence-corrected chi connectivity index (χ4v) is 5.27. The Morgan fingerprint density at radius 3 is 2.67 bits per heavy atom. The summed E-state index contributed by atoms with van der Waals surface area (Å²) in [5.41, 5.74) is 0.686. The summed E-state index contributed by atoms with van der Waals surface area (Å²) in [6, 6.07) is 4.98. The lowest BCUT2D eigenvalue weighted by atomic mass is 9.99. The molecule has 0 radical (unpaired) electrons. The number of nitrogens with zero attached hydrogens (tertiary/aromatic N) is 2. The van der Waals surface area contributed by atoms with Gasteiger partial charge in [0.05, 0.1) is 26.7 Å². The van der Waals surface area contributed by atoms with Crippen molar-refractivity contribution in [1.82, 2.24) is 9.21 Å². The Balaban J connectivity index is 1.81. The summed E-state index contributed by atoms with van der Waals surface area (Å²) in [5, 5.41) is 0. The van der Waals surface area contributed by atoms with Gasteiger partial charge in [-0.25, -0.2) is 8.42 Å². The van der Waals surface area contributed by atoms with Gasteiger partial charge in [0.15, 0.2) is 0 Å². The van der Waals surface area contributed by atoms with E-state index in [-0.39, 0.29) is 17.2 Å². The molecule has 2 aliphatic rings. The Kier molecular flexibility index (Phi) is 6.39. The van der Waals surface area contributed by atoms with Crippen LogP contribution in [-0.4, -0.2) is 70.0 Å². The molecule has 0 N–H and O–H groups in total. The molecule has 0 saturated carbocycles. The summed E-state index contributed by atoms with van der Waals surface area (Å²) in [5.74, 6) is 0.849. The van der Waals surface area contributed by atoms with E-state index in [0.29, 0.717) is 43.5 Å². The van der Waals surface area contributed by atoms with E-state index in [1.165, 1.54) is 11.4 Å². The zero-order chi connectivity index (χ0) is 19.4. The molecule has 0 spiro atoms. The fourth-order valence-electron chi connectivity index (χ4n) is 3.66. The fraction of sp³-hybridized carbons (Fsp3) is 0.632. The zero-order valence-corrected chi connectivity index (χ0v) is 16.8. The quantitative estimate of drug-likeness (QED) is 0.754. The van der Waals surface area contributed by atoms with Gasteiger partial charge < -0.3 is 14.4 Å². The third-order valence-electron chi connectivity index (χ3n) is 5.18. The number of ether oxygens (including phenoxy) is 2. The van der Waals surface area contributed by atoms with Gasteiger partial charge in [-0.1, -0.05) is 13.0 Å². The molecular formula is C19H28N2O5S. The second-order valence-corrected chi connectivity index (χ2v) is 9.17. The number of piperidine rings is 1. The van der Waals surface area contributed by atoms with Crippen molar-refractivity contribution in [3.8, 4) is 5.75 Å². The topological polar surface area (TPSA) is 76.2 Å². The number of morpholine rings is 1. The number of sulfonamides is 1. The zero-order valence-electron chi connectivity index (χ0n) is 16.0. The lowest BCUT2D eigenvalue weighted by Crippen LogP contribution is -2.41. The van der Waals surface area contributed by atoms with Crippen LogP contribution in [0.1, 0.15) is 25.3 Å². The van der Waals surface area contributed by atoms with Gasteiger partial charge in [0, 0.05) is 26.2 Å². The van der Waals surface area contributed by atoms with E-state index in [4.69, 9.17) is 9.47 Å². The molecule has 150 valence electrons. The second kappa shape index (κ2) is 8.58. The van der Waals surface area contributed by atoms with Crippen molar-refractivity contribution >= 4 is 15.9 Å². The number of amides is 1. The van der Waals surface area contributed by atoms with Crippen LogP contribution in [0.4, 0.5) is 0 Å². The molecule has 1 unspecified atom stereocenters. The second-order valence-electron chi connectivity index (χ2n) is 7.27. The maximum atomic E-state index is 13.0. The van der Waals surface area contributed by atoms with E-state index >= 15 is 0 Å². The van der Waals surface area contributed by atoms with Crippen molar-refractivity contribution in [3.05, 3.63) is 23.8 Å². The highest BCUT2D eigenvalue weighted by molar-refractivity contribution is 7.89. The summed E-state index contributed by atoms with van der Waals surface area (Å²) in [6.45, 7) is 5.10. The van der Waals surface area contributed by atoms with Crippen LogP contribution in [0.2, 0.25) is 0 Å². The van der Waals surface area contributed by atoms with E-state index in [1.54, 1.807) is 18.2 Å². The number of carbonyl (C=O) groups is 1. The van der Waals surface area contributed by atoms with Gasteiger partial charge in [-0.05, 0) is 36.5 Å². The summed E-state index contributed by atoms with van der Waals surface area (Å²) in [4.78, 5) is 14.6. The predicted octanol–water partition coefficient (Wildman–Crippen LogP) is 1.52. The largest absolute Gasteiger partial charge is 0.495 e. The molecule has 8 heteroatoms. The lowest BCUT2D eigenvalue weighted by molar-refractivity contribution is -0.132. The molecule has 3 rings (SSSR count). The molecule has 0 bridgehead atoms. The SMILES string of the molecule is COc1ccc(CC(=O)N2CCCC(C)C2)cc1S(=O)(=O)N1CCOCC1. The first-order valence-electron chi connectivity index (χ1n) is 9.44. The van der Waals surface area contributed by atoms with Gasteiger partial charge >= 0.3 is 0 Å². The number of likely N-dealkylation sites (tertiary alicyclic amines) is 1. The number of rotatable bonds is 5. The smallest absolute Gasteiger partial charge is 0.246 e. The highest BCUT2D eigenvalue weighted by Gasteiger charge is 2.30. The first kappa shape index (κ1) is 20.1. The number of benzene rings is 1. The number of hydrogen-bond acceptors (Lipinski definition) is 5. The Morgan fingerprint density at radius 1 is 1.26 bits per heavy atom. The third-order valence-corrected chi connectivity index (χ3v) is 7.10. The van der Waals surface area contributed by atoms with Gasteiger partial charge in [-0.15, -0.1) is 0 Å². The molecule has 1 atom stereocenters. The first-order valence-corrected chi connectivity index (χ1v) is 10.9. The lowest BCUT2D eigenvalue weighted by Gasteiger charge is -2.31. The molecule has 2 aliphatic heterocycles. The van der Waals surface area contributed by atoms with Crippen molar-refractivity contribution in [3.63, 3.8) is 0 Å². The van der Waals surface area contributed by atoms with Crippen LogP contribution in [0.3, 0.4) is 0 Å². The molecule has 2 heterocycles. The first-order chi connectivity index (χ1) is 12.9. The van der Waals surface area contributed by atoms with E-state index in [1.807, 2.05) is 4.90 Å². The molecule has 2 fully saturated rings. The molecule has 27 heavy (non-hydrogen) atoms. The standard InChI is InChI=1S/C19H28N2O5S/c1-15-4-3-7-20(14-15)19(22)13-16-5-6-17(25-2)18(12-16)27(23,24)21-8-10-26-11-9-21/h5-6,12,15H,3-4,7-11,13-14H2,1-2H3. The van der Waals surface area contributed by atoms with Crippen molar-refractivity contribution in [2.75, 3.05) is 46.5 Å². The summed E-state index contributed by atoms with van der Waals surface area (Å²) in [7, 11) is -2.24. The molecule has 7 nitrogen and oxygen atoms in total. The van der Waals surface area contributed by atoms with Crippen molar-refractivity contribution < 1.29 is 22.7 Å². The van der Waals surface area contributed by atoms with E-state index in [2.05, 4.69) is 6.92 Å². The van der Waals surface area contributed by atoms with Gasteiger partial charge in [0.1, 0.15) is 10.6 Å². The van der Waals surface area contributed by atoms with Crippen LogP contribution < -0.4 is 4.74 Å². The summed E-state index contributed by atoms with van der Waals surface area (Å²) >= 11 is 0. The normalized spacial score (nSPS) is 21.9. The van der Waals surface area contributed by atoms with Gasteiger partial charge in [0.25, 0.3) is 0 Å². The summed E-state index contributed by atoms with van der Waals surface area (Å²) < 4.78 is 38.0. The minimum atomic E-state index is -3.69. The Hall–Kier alpha value is -1.64. The monoisotopic (exact) mass is 396 g/mol. The van der Waals surface area contributed by atoms with Crippen molar-refractivity contribution in [2.24, 2.45) is 5.92 Å². The molecule has 0 aliphatic carbocycles. The summed E-state index contributed by atoms with van der Waals surface area (Å²) in [6.07, 6.45) is 2.36. The average Bonchev–Trinajstić information content (AvgIpc) is 2.68. The molecule has 1 aromatic rings. The molecule has 1 amide bonds. The maximum absolute atomic E-state index is 13.0. The Labute approximate surface area is 161 Å². The maximum Gasteiger partial charge on any atom is 0.246 e. The van der Waals surface area contributed by atoms with Crippen LogP contribution in [-0.2, 0) is 26.0 Å². The third kappa shape index (κ3) is 4.62. The minimum absolute atomic E-state index is 0.0430. The Bertz CT molecular complexity index is 774. The average molecular weight is 397 g/mol. The van der Waals surface area contributed by atoms with Gasteiger partial charge in [-0.3, -0.25) is 4.79 Å². The van der Waals surface area contributed by atoms with Crippen molar-refractivity contribution in [1.29, 1.82) is 0 Å². The van der Waals surface area contributed by atoms with E-state index < -0.39 is 10.0 Å². The van der Waals surface area contributed by atoms with Crippen LogP contribution in [0.25, 0.3) is 0 Å². The predicted molar refractivity (Wildman–Crippen MR) is 101 cm³/mol.